The summed E-state index contributed by atoms with van der Waals surface area (Å²) < 4.78 is 5.90. The van der Waals surface area contributed by atoms with Crippen LogP contribution in [0.2, 0.25) is 0 Å². The molecule has 0 saturated carbocycles. The normalized spacial score (nSPS) is 15.8. The van der Waals surface area contributed by atoms with Crippen molar-refractivity contribution in [2.75, 3.05) is 11.5 Å². The second-order valence-electron chi connectivity index (χ2n) is 5.70. The van der Waals surface area contributed by atoms with Crippen LogP contribution in [0.1, 0.15) is 25.0 Å². The quantitative estimate of drug-likeness (QED) is 0.594. The molecule has 1 aliphatic rings. The van der Waals surface area contributed by atoms with E-state index in [0.29, 0.717) is 21.6 Å². The Balaban J connectivity index is 1.88. The zero-order valence-corrected chi connectivity index (χ0v) is 16.2. The molecule has 0 atom stereocenters. The van der Waals surface area contributed by atoms with Gasteiger partial charge in [0.1, 0.15) is 0 Å². The number of nitrogens with zero attached hydrogens (tertiary/aromatic N) is 1. The van der Waals surface area contributed by atoms with Gasteiger partial charge in [-0.05, 0) is 54.8 Å². The highest BCUT2D eigenvalue weighted by Crippen LogP contribution is 2.37. The highest BCUT2D eigenvalue weighted by Gasteiger charge is 2.33. The minimum atomic E-state index is -0.143. The molecule has 6 heteroatoms. The number of rotatable bonds is 5. The number of carbonyl (C=O) groups excluding carboxylic acids is 1. The molecule has 1 amide bonds. The molecule has 4 nitrogen and oxygen atoms in total. The lowest BCUT2D eigenvalue weighted by atomic mass is 10.1. The van der Waals surface area contributed by atoms with Gasteiger partial charge in [-0.25, -0.2) is 0 Å². The lowest BCUT2D eigenvalue weighted by Gasteiger charge is -2.14. The largest absolute Gasteiger partial charge is 0.504 e. The molecule has 2 aromatic carbocycles. The Morgan fingerprint density at radius 3 is 2.58 bits per heavy atom. The molecule has 0 aliphatic carbocycles. The molecule has 0 spiro atoms. The lowest BCUT2D eigenvalue weighted by molar-refractivity contribution is -0.113. The van der Waals surface area contributed by atoms with Crippen LogP contribution in [-0.2, 0) is 11.2 Å². The van der Waals surface area contributed by atoms with E-state index >= 15 is 0 Å². The summed E-state index contributed by atoms with van der Waals surface area (Å²) in [7, 11) is 0. The van der Waals surface area contributed by atoms with Crippen LogP contribution in [0.15, 0.2) is 47.4 Å². The molecular weight excluding hydrogens is 366 g/mol. The van der Waals surface area contributed by atoms with Crippen molar-refractivity contribution in [3.8, 4) is 11.5 Å². The summed E-state index contributed by atoms with van der Waals surface area (Å²) >= 11 is 6.68. The smallest absolute Gasteiger partial charge is 0.270 e. The number of phenols is 1. The predicted octanol–water partition coefficient (Wildman–Crippen LogP) is 4.76. The van der Waals surface area contributed by atoms with E-state index < -0.39 is 0 Å². The first-order chi connectivity index (χ1) is 12.5. The standard InChI is InChI=1S/C20H19NO3S2/c1-3-13-5-8-15(9-6-13)21-19(23)18(26-20(21)25)12-14-7-10-16(22)17(11-14)24-4-2/h5-12,22H,3-4H2,1-2H3. The number of carbonyl (C=O) groups is 1. The number of hydrogen-bond donors (Lipinski definition) is 1. The zero-order valence-electron chi connectivity index (χ0n) is 14.6. The van der Waals surface area contributed by atoms with E-state index in [1.165, 1.54) is 17.3 Å². The number of thiocarbonyl (C=S) groups is 1. The Labute approximate surface area is 162 Å². The van der Waals surface area contributed by atoms with Crippen LogP contribution in [0.3, 0.4) is 0 Å². The molecule has 0 aromatic heterocycles. The number of hydrogen-bond acceptors (Lipinski definition) is 5. The zero-order chi connectivity index (χ0) is 18.7. The molecule has 0 unspecified atom stereocenters. The average molecular weight is 386 g/mol. The summed E-state index contributed by atoms with van der Waals surface area (Å²) in [6.07, 6.45) is 2.71. The van der Waals surface area contributed by atoms with Crippen LogP contribution in [0, 0.1) is 0 Å². The number of anilines is 1. The van der Waals surface area contributed by atoms with Gasteiger partial charge in [-0.15, -0.1) is 0 Å². The van der Waals surface area contributed by atoms with Crippen molar-refractivity contribution < 1.29 is 14.6 Å². The van der Waals surface area contributed by atoms with Crippen molar-refractivity contribution in [2.45, 2.75) is 20.3 Å². The van der Waals surface area contributed by atoms with Gasteiger partial charge in [-0.1, -0.05) is 49.1 Å². The number of aryl methyl sites for hydroxylation is 1. The summed E-state index contributed by atoms with van der Waals surface area (Å²) in [6.45, 7) is 4.39. The van der Waals surface area contributed by atoms with Crippen molar-refractivity contribution in [1.29, 1.82) is 0 Å². The third-order valence-corrected chi connectivity index (χ3v) is 5.28. The molecule has 1 saturated heterocycles. The van der Waals surface area contributed by atoms with Gasteiger partial charge in [0.25, 0.3) is 5.91 Å². The third kappa shape index (κ3) is 3.76. The molecule has 1 fully saturated rings. The van der Waals surface area contributed by atoms with Crippen molar-refractivity contribution >= 4 is 46.0 Å². The number of phenolic OH excluding ortho intramolecular Hbond substituents is 1. The summed E-state index contributed by atoms with van der Waals surface area (Å²) in [4.78, 5) is 14.9. The SMILES string of the molecule is CCOc1cc(C=C2SC(=S)N(c3ccc(CC)cc3)C2=O)ccc1O. The fourth-order valence-corrected chi connectivity index (χ4v) is 3.91. The Morgan fingerprint density at radius 1 is 1.19 bits per heavy atom. The van der Waals surface area contributed by atoms with Gasteiger partial charge < -0.3 is 9.84 Å². The van der Waals surface area contributed by atoms with E-state index in [1.54, 1.807) is 29.2 Å². The van der Waals surface area contributed by atoms with Gasteiger partial charge in [0, 0.05) is 0 Å². The Kier molecular flexibility index (Phi) is 5.64. The van der Waals surface area contributed by atoms with Gasteiger partial charge in [0.05, 0.1) is 17.2 Å². The van der Waals surface area contributed by atoms with Crippen LogP contribution in [0.25, 0.3) is 6.08 Å². The Morgan fingerprint density at radius 2 is 1.92 bits per heavy atom. The molecule has 2 aromatic rings. The van der Waals surface area contributed by atoms with Gasteiger partial charge >= 0.3 is 0 Å². The van der Waals surface area contributed by atoms with Crippen LogP contribution in [-0.4, -0.2) is 21.9 Å². The highest BCUT2D eigenvalue weighted by molar-refractivity contribution is 8.27. The molecule has 1 N–H and O–H groups in total. The predicted molar refractivity (Wildman–Crippen MR) is 111 cm³/mol. The van der Waals surface area contributed by atoms with Gasteiger partial charge in [0.2, 0.25) is 0 Å². The molecule has 26 heavy (non-hydrogen) atoms. The molecular formula is C20H19NO3S2. The Bertz CT molecular complexity index is 875. The minimum absolute atomic E-state index is 0.0764. The monoisotopic (exact) mass is 385 g/mol. The average Bonchev–Trinajstić information content (AvgIpc) is 2.92. The molecule has 0 bridgehead atoms. The first-order valence-electron chi connectivity index (χ1n) is 8.36. The third-order valence-electron chi connectivity index (χ3n) is 3.98. The maximum Gasteiger partial charge on any atom is 0.270 e. The molecule has 0 radical (unpaired) electrons. The second-order valence-corrected chi connectivity index (χ2v) is 7.37. The molecule has 134 valence electrons. The van der Waals surface area contributed by atoms with Crippen LogP contribution >= 0.6 is 24.0 Å². The number of aromatic hydroxyl groups is 1. The maximum absolute atomic E-state index is 12.8. The minimum Gasteiger partial charge on any atom is -0.504 e. The molecule has 1 heterocycles. The molecule has 3 rings (SSSR count). The fraction of sp³-hybridized carbons (Fsp3) is 0.200. The van der Waals surface area contributed by atoms with Crippen molar-refractivity contribution in [2.24, 2.45) is 0 Å². The van der Waals surface area contributed by atoms with Crippen molar-refractivity contribution in [1.82, 2.24) is 0 Å². The highest BCUT2D eigenvalue weighted by atomic mass is 32.2. The molecule has 1 aliphatic heterocycles. The van der Waals surface area contributed by atoms with E-state index in [4.69, 9.17) is 17.0 Å². The summed E-state index contributed by atoms with van der Waals surface area (Å²) in [6, 6.07) is 12.8. The van der Waals surface area contributed by atoms with Crippen LogP contribution in [0.4, 0.5) is 5.69 Å². The number of benzene rings is 2. The summed E-state index contributed by atoms with van der Waals surface area (Å²) in [5.74, 6) is 0.328. The first-order valence-corrected chi connectivity index (χ1v) is 9.58. The van der Waals surface area contributed by atoms with Crippen LogP contribution in [0.5, 0.6) is 11.5 Å². The van der Waals surface area contributed by atoms with Crippen molar-refractivity contribution in [3.05, 3.63) is 58.5 Å². The second kappa shape index (κ2) is 7.93. The van der Waals surface area contributed by atoms with E-state index in [0.717, 1.165) is 17.7 Å². The van der Waals surface area contributed by atoms with Gasteiger partial charge in [-0.2, -0.15) is 0 Å². The maximum atomic E-state index is 12.8. The number of thioether (sulfide) groups is 1. The van der Waals surface area contributed by atoms with E-state index in [-0.39, 0.29) is 11.7 Å². The van der Waals surface area contributed by atoms with E-state index in [2.05, 4.69) is 6.92 Å². The Hall–Kier alpha value is -2.31. The van der Waals surface area contributed by atoms with E-state index in [9.17, 15) is 9.90 Å². The van der Waals surface area contributed by atoms with Crippen LogP contribution < -0.4 is 9.64 Å². The van der Waals surface area contributed by atoms with Gasteiger partial charge in [-0.3, -0.25) is 9.69 Å². The topological polar surface area (TPSA) is 49.8 Å². The number of amides is 1. The fourth-order valence-electron chi connectivity index (χ4n) is 2.61. The summed E-state index contributed by atoms with van der Waals surface area (Å²) in [5.41, 5.74) is 2.75. The summed E-state index contributed by atoms with van der Waals surface area (Å²) in [5, 5.41) is 9.81. The van der Waals surface area contributed by atoms with Crippen molar-refractivity contribution in [3.63, 3.8) is 0 Å². The van der Waals surface area contributed by atoms with E-state index in [1.807, 2.05) is 31.2 Å². The first kappa shape index (κ1) is 18.5. The lowest BCUT2D eigenvalue weighted by Crippen LogP contribution is -2.27. The van der Waals surface area contributed by atoms with Gasteiger partial charge in [0.15, 0.2) is 15.8 Å². The number of ether oxygens (including phenoxy) is 1.